The molecule has 0 unspecified atom stereocenters. The lowest BCUT2D eigenvalue weighted by atomic mass is 10.1. The molecule has 2 N–H and O–H groups in total. The Balaban J connectivity index is 1.93. The van der Waals surface area contributed by atoms with Gasteiger partial charge in [0.1, 0.15) is 0 Å². The lowest BCUT2D eigenvalue weighted by molar-refractivity contribution is 0.0959. The van der Waals surface area contributed by atoms with Gasteiger partial charge in [-0.3, -0.25) is 9.69 Å². The number of hydrogen-bond donors (Lipinski definition) is 2. The van der Waals surface area contributed by atoms with E-state index in [-0.39, 0.29) is 5.91 Å². The Morgan fingerprint density at radius 1 is 1.32 bits per heavy atom. The first-order valence-corrected chi connectivity index (χ1v) is 6.12. The van der Waals surface area contributed by atoms with Gasteiger partial charge in [-0.05, 0) is 38.4 Å². The molecule has 1 amide bonds. The highest BCUT2D eigenvalue weighted by Gasteiger charge is 2.05. The second kappa shape index (κ2) is 6.07. The van der Waals surface area contributed by atoms with Gasteiger partial charge < -0.3 is 10.3 Å². The van der Waals surface area contributed by atoms with E-state index in [1.54, 1.807) is 6.07 Å². The molecule has 0 spiro atoms. The summed E-state index contributed by atoms with van der Waals surface area (Å²) in [6.45, 7) is 1.07. The zero-order chi connectivity index (χ0) is 13.7. The van der Waals surface area contributed by atoms with Gasteiger partial charge in [0.25, 0.3) is 5.91 Å². The SMILES string of the molecule is CN(C)CC#CCNC(=O)c1ccc2[nH]ccc2c1. The van der Waals surface area contributed by atoms with Crippen LogP contribution in [0.4, 0.5) is 0 Å². The number of rotatable bonds is 3. The standard InChI is InChI=1S/C15H17N3O/c1-18(2)10-4-3-8-17-15(19)13-5-6-14-12(11-13)7-9-16-14/h5-7,9,11,16H,8,10H2,1-2H3,(H,17,19). The predicted octanol–water partition coefficient (Wildman–Crippen LogP) is 1.46. The van der Waals surface area contributed by atoms with E-state index in [2.05, 4.69) is 22.1 Å². The van der Waals surface area contributed by atoms with Crippen molar-refractivity contribution in [2.24, 2.45) is 0 Å². The van der Waals surface area contributed by atoms with E-state index in [0.717, 1.165) is 10.9 Å². The van der Waals surface area contributed by atoms with Crippen LogP contribution in [0.25, 0.3) is 10.9 Å². The Hall–Kier alpha value is -2.25. The Morgan fingerprint density at radius 3 is 2.95 bits per heavy atom. The Kier molecular flexibility index (Phi) is 4.22. The number of nitrogens with zero attached hydrogens (tertiary/aromatic N) is 1. The fraction of sp³-hybridized carbons (Fsp3) is 0.267. The molecule has 19 heavy (non-hydrogen) atoms. The van der Waals surface area contributed by atoms with Crippen LogP contribution >= 0.6 is 0 Å². The number of aromatic nitrogens is 1. The van der Waals surface area contributed by atoms with Crippen molar-refractivity contribution in [1.82, 2.24) is 15.2 Å². The van der Waals surface area contributed by atoms with Gasteiger partial charge in [0.2, 0.25) is 0 Å². The molecule has 0 fully saturated rings. The van der Waals surface area contributed by atoms with Gasteiger partial charge in [0.05, 0.1) is 13.1 Å². The zero-order valence-corrected chi connectivity index (χ0v) is 11.2. The molecule has 2 rings (SSSR count). The Bertz CT molecular complexity index is 631. The first-order valence-electron chi connectivity index (χ1n) is 6.12. The van der Waals surface area contributed by atoms with Crippen LogP contribution in [0.5, 0.6) is 0 Å². The second-order valence-electron chi connectivity index (χ2n) is 4.55. The van der Waals surface area contributed by atoms with Crippen molar-refractivity contribution < 1.29 is 4.79 Å². The number of benzene rings is 1. The van der Waals surface area contributed by atoms with Crippen LogP contribution in [0, 0.1) is 11.8 Å². The third kappa shape index (κ3) is 3.60. The number of aromatic amines is 1. The maximum atomic E-state index is 11.9. The van der Waals surface area contributed by atoms with Crippen molar-refractivity contribution in [1.29, 1.82) is 0 Å². The van der Waals surface area contributed by atoms with Gasteiger partial charge in [0, 0.05) is 22.7 Å². The van der Waals surface area contributed by atoms with Crippen LogP contribution in [0.2, 0.25) is 0 Å². The highest BCUT2D eigenvalue weighted by Crippen LogP contribution is 2.13. The molecule has 1 heterocycles. The van der Waals surface area contributed by atoms with Crippen LogP contribution in [0.1, 0.15) is 10.4 Å². The molecule has 4 nitrogen and oxygen atoms in total. The smallest absolute Gasteiger partial charge is 0.252 e. The summed E-state index contributed by atoms with van der Waals surface area (Å²) < 4.78 is 0. The number of amides is 1. The fourth-order valence-electron chi connectivity index (χ4n) is 1.70. The minimum absolute atomic E-state index is 0.0951. The summed E-state index contributed by atoms with van der Waals surface area (Å²) in [6.07, 6.45) is 1.86. The first kappa shape index (κ1) is 13.2. The molecule has 0 aliphatic carbocycles. The van der Waals surface area contributed by atoms with E-state index in [4.69, 9.17) is 0 Å². The summed E-state index contributed by atoms with van der Waals surface area (Å²) in [4.78, 5) is 17.0. The molecule has 0 atom stereocenters. The zero-order valence-electron chi connectivity index (χ0n) is 11.2. The third-order valence-electron chi connectivity index (χ3n) is 2.67. The largest absolute Gasteiger partial charge is 0.361 e. The molecule has 1 aromatic carbocycles. The minimum atomic E-state index is -0.0951. The molecular formula is C15H17N3O. The van der Waals surface area contributed by atoms with Crippen LogP contribution in [-0.4, -0.2) is 43.0 Å². The summed E-state index contributed by atoms with van der Waals surface area (Å²) in [5, 5.41) is 3.82. The number of carbonyl (C=O) groups excluding carboxylic acids is 1. The Morgan fingerprint density at radius 2 is 2.16 bits per heavy atom. The maximum Gasteiger partial charge on any atom is 0.252 e. The quantitative estimate of drug-likeness (QED) is 0.816. The molecule has 0 saturated heterocycles. The maximum absolute atomic E-state index is 11.9. The van der Waals surface area contributed by atoms with E-state index in [9.17, 15) is 4.79 Å². The van der Waals surface area contributed by atoms with Crippen LogP contribution in [-0.2, 0) is 0 Å². The number of nitrogens with one attached hydrogen (secondary N) is 2. The van der Waals surface area contributed by atoms with Crippen LogP contribution in [0.3, 0.4) is 0 Å². The average Bonchev–Trinajstić information content (AvgIpc) is 2.84. The highest BCUT2D eigenvalue weighted by atomic mass is 16.1. The number of H-pyrrole nitrogens is 1. The molecule has 4 heteroatoms. The molecular weight excluding hydrogens is 238 g/mol. The molecule has 98 valence electrons. The van der Waals surface area contributed by atoms with Gasteiger partial charge in [-0.15, -0.1) is 0 Å². The molecule has 1 aromatic heterocycles. The fourth-order valence-corrected chi connectivity index (χ4v) is 1.70. The van der Waals surface area contributed by atoms with E-state index in [0.29, 0.717) is 18.7 Å². The van der Waals surface area contributed by atoms with Crippen molar-refractivity contribution in [3.05, 3.63) is 36.0 Å². The number of fused-ring (bicyclic) bond motifs is 1. The van der Waals surface area contributed by atoms with Crippen molar-refractivity contribution in [2.75, 3.05) is 27.2 Å². The van der Waals surface area contributed by atoms with Crippen LogP contribution < -0.4 is 5.32 Å². The van der Waals surface area contributed by atoms with Gasteiger partial charge >= 0.3 is 0 Å². The van der Waals surface area contributed by atoms with Gasteiger partial charge in [-0.2, -0.15) is 0 Å². The van der Waals surface area contributed by atoms with Crippen LogP contribution in [0.15, 0.2) is 30.5 Å². The molecule has 0 aliphatic rings. The van der Waals surface area contributed by atoms with E-state index in [1.165, 1.54) is 0 Å². The van der Waals surface area contributed by atoms with Gasteiger partial charge in [-0.1, -0.05) is 11.8 Å². The molecule has 0 saturated carbocycles. The lowest BCUT2D eigenvalue weighted by Crippen LogP contribution is -2.23. The van der Waals surface area contributed by atoms with E-state index < -0.39 is 0 Å². The lowest BCUT2D eigenvalue weighted by Gasteiger charge is -2.02. The van der Waals surface area contributed by atoms with Crippen molar-refractivity contribution >= 4 is 16.8 Å². The normalized spacial score (nSPS) is 10.3. The van der Waals surface area contributed by atoms with Gasteiger partial charge in [0.15, 0.2) is 0 Å². The molecule has 0 bridgehead atoms. The predicted molar refractivity (Wildman–Crippen MR) is 77.0 cm³/mol. The van der Waals surface area contributed by atoms with Crippen molar-refractivity contribution in [2.45, 2.75) is 0 Å². The summed E-state index contributed by atoms with van der Waals surface area (Å²) in [5.41, 5.74) is 1.68. The average molecular weight is 255 g/mol. The summed E-state index contributed by atoms with van der Waals surface area (Å²) in [6, 6.07) is 7.53. The van der Waals surface area contributed by atoms with Gasteiger partial charge in [-0.25, -0.2) is 0 Å². The summed E-state index contributed by atoms with van der Waals surface area (Å²) >= 11 is 0. The number of hydrogen-bond acceptors (Lipinski definition) is 2. The topological polar surface area (TPSA) is 48.1 Å². The summed E-state index contributed by atoms with van der Waals surface area (Å²) in [5.74, 6) is 5.80. The molecule has 0 aliphatic heterocycles. The van der Waals surface area contributed by atoms with E-state index >= 15 is 0 Å². The second-order valence-corrected chi connectivity index (χ2v) is 4.55. The molecule has 0 radical (unpaired) electrons. The van der Waals surface area contributed by atoms with E-state index in [1.807, 2.05) is 43.4 Å². The highest BCUT2D eigenvalue weighted by molar-refractivity contribution is 5.98. The van der Waals surface area contributed by atoms with Crippen molar-refractivity contribution in [3.63, 3.8) is 0 Å². The van der Waals surface area contributed by atoms with Crippen molar-refractivity contribution in [3.8, 4) is 11.8 Å². The third-order valence-corrected chi connectivity index (χ3v) is 2.67. The Labute approximate surface area is 112 Å². The minimum Gasteiger partial charge on any atom is -0.361 e. The molecule has 2 aromatic rings. The first-order chi connectivity index (χ1) is 9.16. The number of carbonyl (C=O) groups is 1. The summed E-state index contributed by atoms with van der Waals surface area (Å²) in [7, 11) is 3.92. The monoisotopic (exact) mass is 255 g/mol.